The summed E-state index contributed by atoms with van der Waals surface area (Å²) >= 11 is 2.94. The number of carboxylic acids is 1. The van der Waals surface area contributed by atoms with Gasteiger partial charge in [0.25, 0.3) is 5.91 Å². The van der Waals surface area contributed by atoms with Crippen LogP contribution in [0.4, 0.5) is 10.3 Å². The molecule has 4 heterocycles. The molecule has 0 aliphatic carbocycles. The van der Waals surface area contributed by atoms with Gasteiger partial charge in [0.2, 0.25) is 0 Å². The molecule has 202 valence electrons. The van der Waals surface area contributed by atoms with E-state index in [1.807, 2.05) is 36.4 Å². The molecule has 1 fully saturated rings. The third-order valence-corrected chi connectivity index (χ3v) is 9.65. The van der Waals surface area contributed by atoms with E-state index in [1.165, 1.54) is 41.9 Å². The van der Waals surface area contributed by atoms with Crippen LogP contribution in [-0.2, 0) is 19.4 Å². The first-order chi connectivity index (χ1) is 19.0. The predicted octanol–water partition coefficient (Wildman–Crippen LogP) is 5.68. The van der Waals surface area contributed by atoms with Crippen molar-refractivity contribution in [2.45, 2.75) is 45.1 Å². The number of rotatable bonds is 8. The van der Waals surface area contributed by atoms with Gasteiger partial charge in [0, 0.05) is 23.5 Å². The Hall–Kier alpha value is -3.34. The number of amides is 1. The minimum absolute atomic E-state index is 0.168. The summed E-state index contributed by atoms with van der Waals surface area (Å²) < 4.78 is 1.03. The topological polar surface area (TPSA) is 98.7 Å². The molecular formula is C29H31N5O3S2. The van der Waals surface area contributed by atoms with Gasteiger partial charge in [-0.2, -0.15) is 0 Å². The lowest BCUT2D eigenvalue weighted by molar-refractivity contribution is 0.0690. The average Bonchev–Trinajstić information content (AvgIpc) is 3.57. The third-order valence-electron chi connectivity index (χ3n) is 7.52. The second-order valence-electron chi connectivity index (χ2n) is 10.1. The van der Waals surface area contributed by atoms with Gasteiger partial charge in [-0.25, -0.2) is 14.8 Å². The number of nitrogens with zero attached hydrogens (tertiary/aromatic N) is 4. The second kappa shape index (κ2) is 11.4. The molecule has 2 aromatic carbocycles. The van der Waals surface area contributed by atoms with Gasteiger partial charge < -0.3 is 14.9 Å². The summed E-state index contributed by atoms with van der Waals surface area (Å²) in [5, 5.41) is 14.1. The zero-order valence-electron chi connectivity index (χ0n) is 21.7. The molecule has 0 saturated carbocycles. The van der Waals surface area contributed by atoms with E-state index in [9.17, 15) is 14.7 Å². The zero-order valence-corrected chi connectivity index (χ0v) is 23.3. The maximum atomic E-state index is 13.3. The maximum absolute atomic E-state index is 13.3. The van der Waals surface area contributed by atoms with Crippen LogP contribution in [0.25, 0.3) is 10.2 Å². The second-order valence-corrected chi connectivity index (χ2v) is 12.2. The number of thiazole rings is 2. The standard InChI is InChI=1S/C29H31N5O3S2/c35-26(32-28-30-22-10-2-3-11-23(22)38-28)20-9-6-8-19-13-17-34(18-21(19)20)29-31-25(27(36)37)24(39-29)12-7-16-33-14-4-1-5-15-33/h2-3,6,8-11H,1,4-5,7,12-18H2,(H,36,37)(H,30,32,35). The van der Waals surface area contributed by atoms with Crippen LogP contribution in [-0.4, -0.2) is 58.0 Å². The Labute approximate surface area is 235 Å². The number of carbonyl (C=O) groups is 2. The van der Waals surface area contributed by atoms with Gasteiger partial charge in [-0.3, -0.25) is 10.1 Å². The molecule has 2 aromatic heterocycles. The van der Waals surface area contributed by atoms with Crippen molar-refractivity contribution < 1.29 is 14.7 Å². The van der Waals surface area contributed by atoms with E-state index < -0.39 is 5.97 Å². The van der Waals surface area contributed by atoms with E-state index in [4.69, 9.17) is 0 Å². The summed E-state index contributed by atoms with van der Waals surface area (Å²) in [6.45, 7) is 4.52. The molecule has 0 radical (unpaired) electrons. The summed E-state index contributed by atoms with van der Waals surface area (Å²) in [5.74, 6) is -1.16. The molecule has 8 nitrogen and oxygen atoms in total. The normalized spacial score (nSPS) is 15.8. The van der Waals surface area contributed by atoms with Crippen LogP contribution in [0.15, 0.2) is 42.5 Å². The number of hydrogen-bond acceptors (Lipinski definition) is 8. The first-order valence-electron chi connectivity index (χ1n) is 13.5. The van der Waals surface area contributed by atoms with Crippen molar-refractivity contribution in [3.05, 3.63) is 69.7 Å². The van der Waals surface area contributed by atoms with Gasteiger partial charge in [0.1, 0.15) is 0 Å². The Morgan fingerprint density at radius 2 is 1.82 bits per heavy atom. The molecule has 2 N–H and O–H groups in total. The highest BCUT2D eigenvalue weighted by molar-refractivity contribution is 7.22. The Bertz CT molecular complexity index is 1470. The number of anilines is 2. The van der Waals surface area contributed by atoms with Crippen molar-refractivity contribution in [3.8, 4) is 0 Å². The highest BCUT2D eigenvalue weighted by Gasteiger charge is 2.27. The number of piperidine rings is 1. The van der Waals surface area contributed by atoms with Crippen LogP contribution < -0.4 is 10.2 Å². The van der Waals surface area contributed by atoms with Gasteiger partial charge in [-0.05, 0) is 81.1 Å². The molecule has 2 aliphatic heterocycles. The van der Waals surface area contributed by atoms with Crippen LogP contribution in [0.1, 0.15) is 62.5 Å². The van der Waals surface area contributed by atoms with E-state index in [1.54, 1.807) is 0 Å². The van der Waals surface area contributed by atoms with Crippen molar-refractivity contribution >= 4 is 55.0 Å². The Balaban J connectivity index is 1.18. The Morgan fingerprint density at radius 1 is 0.974 bits per heavy atom. The van der Waals surface area contributed by atoms with Crippen LogP contribution in [0.2, 0.25) is 0 Å². The van der Waals surface area contributed by atoms with Gasteiger partial charge in [-0.15, -0.1) is 11.3 Å². The van der Waals surface area contributed by atoms with Crippen molar-refractivity contribution in [1.82, 2.24) is 14.9 Å². The number of fused-ring (bicyclic) bond motifs is 2. The number of carboxylic acid groups (broad SMARTS) is 1. The number of aryl methyl sites for hydroxylation is 1. The average molecular weight is 562 g/mol. The van der Waals surface area contributed by atoms with Crippen LogP contribution in [0, 0.1) is 0 Å². The number of hydrogen-bond donors (Lipinski definition) is 2. The third kappa shape index (κ3) is 5.68. The fraction of sp³-hybridized carbons (Fsp3) is 0.379. The summed E-state index contributed by atoms with van der Waals surface area (Å²) in [6.07, 6.45) is 6.23. The molecule has 0 spiro atoms. The number of para-hydroxylation sites is 1. The predicted molar refractivity (Wildman–Crippen MR) is 156 cm³/mol. The van der Waals surface area contributed by atoms with Crippen molar-refractivity contribution in [3.63, 3.8) is 0 Å². The van der Waals surface area contributed by atoms with Gasteiger partial charge in [-0.1, -0.05) is 42.0 Å². The molecule has 1 saturated heterocycles. The van der Waals surface area contributed by atoms with E-state index in [0.29, 0.717) is 22.4 Å². The number of likely N-dealkylation sites (tertiary alicyclic amines) is 1. The van der Waals surface area contributed by atoms with E-state index >= 15 is 0 Å². The van der Waals surface area contributed by atoms with E-state index in [2.05, 4.69) is 31.2 Å². The lowest BCUT2D eigenvalue weighted by atomic mass is 9.94. The number of carbonyl (C=O) groups excluding carboxylic acids is 1. The number of nitrogens with one attached hydrogen (secondary N) is 1. The van der Waals surface area contributed by atoms with Gasteiger partial charge in [0.15, 0.2) is 16.0 Å². The van der Waals surface area contributed by atoms with Crippen LogP contribution in [0.5, 0.6) is 0 Å². The van der Waals surface area contributed by atoms with Crippen LogP contribution >= 0.6 is 22.7 Å². The molecule has 39 heavy (non-hydrogen) atoms. The van der Waals surface area contributed by atoms with Crippen LogP contribution in [0.3, 0.4) is 0 Å². The summed E-state index contributed by atoms with van der Waals surface area (Å²) in [6, 6.07) is 13.7. The Kier molecular flexibility index (Phi) is 7.58. The lowest BCUT2D eigenvalue weighted by Gasteiger charge is -2.29. The lowest BCUT2D eigenvalue weighted by Crippen LogP contribution is -2.32. The minimum Gasteiger partial charge on any atom is -0.476 e. The number of aromatic nitrogens is 2. The number of aromatic carboxylic acids is 1. The van der Waals surface area contributed by atoms with Gasteiger partial charge in [0.05, 0.1) is 10.2 Å². The quantitative estimate of drug-likeness (QED) is 0.285. The largest absolute Gasteiger partial charge is 0.476 e. The highest BCUT2D eigenvalue weighted by Crippen LogP contribution is 2.33. The molecule has 0 bridgehead atoms. The molecule has 4 aromatic rings. The van der Waals surface area contributed by atoms with E-state index in [0.717, 1.165) is 71.7 Å². The van der Waals surface area contributed by atoms with E-state index in [-0.39, 0.29) is 11.6 Å². The monoisotopic (exact) mass is 561 g/mol. The molecule has 1 amide bonds. The first-order valence-corrected chi connectivity index (χ1v) is 15.2. The molecule has 10 heteroatoms. The SMILES string of the molecule is O=C(Nc1nc2ccccc2s1)c1cccc2c1CN(c1nc(C(=O)O)c(CCCN3CCCCC3)s1)CC2. The van der Waals surface area contributed by atoms with Gasteiger partial charge >= 0.3 is 5.97 Å². The summed E-state index contributed by atoms with van der Waals surface area (Å²) in [5.41, 5.74) is 3.75. The van der Waals surface area contributed by atoms with Crippen molar-refractivity contribution in [2.24, 2.45) is 0 Å². The fourth-order valence-electron chi connectivity index (χ4n) is 5.50. The van der Waals surface area contributed by atoms with Crippen molar-refractivity contribution in [2.75, 3.05) is 36.4 Å². The maximum Gasteiger partial charge on any atom is 0.355 e. The summed E-state index contributed by atoms with van der Waals surface area (Å²) in [4.78, 5) is 39.9. The van der Waals surface area contributed by atoms with Crippen molar-refractivity contribution in [1.29, 1.82) is 0 Å². The first kappa shape index (κ1) is 25.9. The molecule has 0 atom stereocenters. The molecular weight excluding hydrogens is 530 g/mol. The summed E-state index contributed by atoms with van der Waals surface area (Å²) in [7, 11) is 0. The minimum atomic E-state index is -0.973. The molecule has 6 rings (SSSR count). The number of benzene rings is 2. The molecule has 2 aliphatic rings. The smallest absolute Gasteiger partial charge is 0.355 e. The molecule has 0 unspecified atom stereocenters. The Morgan fingerprint density at radius 3 is 2.64 bits per heavy atom. The zero-order chi connectivity index (χ0) is 26.8. The highest BCUT2D eigenvalue weighted by atomic mass is 32.1. The fourth-order valence-corrected chi connectivity index (χ4v) is 7.48.